The van der Waals surface area contributed by atoms with Crippen LogP contribution in [-0.4, -0.2) is 13.7 Å². The Labute approximate surface area is 134 Å². The summed E-state index contributed by atoms with van der Waals surface area (Å²) >= 11 is 12.0. The summed E-state index contributed by atoms with van der Waals surface area (Å²) in [5, 5.41) is 1.31. The van der Waals surface area contributed by atoms with Gasteiger partial charge in [-0.3, -0.25) is 0 Å². The largest absolute Gasteiger partial charge is 0.493 e. The number of benzene rings is 2. The van der Waals surface area contributed by atoms with E-state index in [1.165, 1.54) is 0 Å². The van der Waals surface area contributed by atoms with Crippen LogP contribution in [0.2, 0.25) is 10.0 Å². The van der Waals surface area contributed by atoms with E-state index in [9.17, 15) is 0 Å². The summed E-state index contributed by atoms with van der Waals surface area (Å²) in [6.45, 7) is 0.938. The van der Waals surface area contributed by atoms with E-state index in [4.69, 9.17) is 38.4 Å². The molecule has 2 aromatic carbocycles. The molecule has 2 aromatic rings. The monoisotopic (exact) mass is 325 g/mol. The fourth-order valence-corrected chi connectivity index (χ4v) is 2.37. The normalized spacial score (nSPS) is 10.5. The van der Waals surface area contributed by atoms with Crippen LogP contribution in [0.25, 0.3) is 0 Å². The summed E-state index contributed by atoms with van der Waals surface area (Å²) in [4.78, 5) is 0. The predicted octanol–water partition coefficient (Wildman–Crippen LogP) is 4.08. The van der Waals surface area contributed by atoms with Gasteiger partial charge in [0.1, 0.15) is 6.61 Å². The molecule has 21 heavy (non-hydrogen) atoms. The van der Waals surface area contributed by atoms with Crippen molar-refractivity contribution in [3.8, 4) is 11.5 Å². The van der Waals surface area contributed by atoms with Gasteiger partial charge in [0, 0.05) is 21.7 Å². The van der Waals surface area contributed by atoms with Gasteiger partial charge in [-0.15, -0.1) is 0 Å². The molecule has 0 heterocycles. The lowest BCUT2D eigenvalue weighted by molar-refractivity contribution is 0.281. The van der Waals surface area contributed by atoms with Gasteiger partial charge in [-0.25, -0.2) is 0 Å². The van der Waals surface area contributed by atoms with Crippen LogP contribution in [0.15, 0.2) is 36.4 Å². The van der Waals surface area contributed by atoms with Crippen molar-refractivity contribution in [2.45, 2.75) is 13.0 Å². The van der Waals surface area contributed by atoms with Crippen molar-refractivity contribution < 1.29 is 9.47 Å². The Morgan fingerprint density at radius 2 is 1.76 bits per heavy atom. The first-order valence-corrected chi connectivity index (χ1v) is 7.33. The number of nitrogens with two attached hydrogens (primary N) is 1. The predicted molar refractivity (Wildman–Crippen MR) is 86.5 cm³/mol. The van der Waals surface area contributed by atoms with Crippen LogP contribution in [0.3, 0.4) is 0 Å². The Kier molecular flexibility index (Phi) is 5.74. The van der Waals surface area contributed by atoms with Crippen LogP contribution in [0, 0.1) is 0 Å². The molecule has 0 aliphatic rings. The van der Waals surface area contributed by atoms with Crippen LogP contribution >= 0.6 is 23.2 Å². The summed E-state index contributed by atoms with van der Waals surface area (Å²) in [5.74, 6) is 1.29. The van der Waals surface area contributed by atoms with Gasteiger partial charge >= 0.3 is 0 Å². The van der Waals surface area contributed by atoms with Gasteiger partial charge in [-0.1, -0.05) is 35.3 Å². The molecular formula is C16H17Cl2NO2. The smallest absolute Gasteiger partial charge is 0.164 e. The maximum atomic E-state index is 6.08. The molecule has 0 unspecified atom stereocenters. The Balaban J connectivity index is 2.22. The topological polar surface area (TPSA) is 44.5 Å². The van der Waals surface area contributed by atoms with Crippen LogP contribution in [0.4, 0.5) is 0 Å². The Morgan fingerprint density at radius 3 is 2.38 bits per heavy atom. The second kappa shape index (κ2) is 7.55. The van der Waals surface area contributed by atoms with Crippen LogP contribution < -0.4 is 15.2 Å². The molecular weight excluding hydrogens is 309 g/mol. The van der Waals surface area contributed by atoms with Crippen LogP contribution in [-0.2, 0) is 13.0 Å². The lowest BCUT2D eigenvalue weighted by Crippen LogP contribution is -2.07. The van der Waals surface area contributed by atoms with Crippen molar-refractivity contribution in [1.29, 1.82) is 0 Å². The van der Waals surface area contributed by atoms with Crippen molar-refractivity contribution >= 4 is 23.2 Å². The van der Waals surface area contributed by atoms with Gasteiger partial charge in [-0.05, 0) is 36.7 Å². The molecule has 0 radical (unpaired) electrons. The molecule has 3 nitrogen and oxygen atoms in total. The molecule has 0 spiro atoms. The molecule has 0 fully saturated rings. The summed E-state index contributed by atoms with van der Waals surface area (Å²) in [6.07, 6.45) is 0.673. The summed E-state index contributed by atoms with van der Waals surface area (Å²) in [5.41, 5.74) is 7.60. The van der Waals surface area contributed by atoms with Crippen molar-refractivity contribution in [1.82, 2.24) is 0 Å². The minimum atomic E-state index is 0.423. The van der Waals surface area contributed by atoms with Crippen molar-refractivity contribution in [2.24, 2.45) is 5.73 Å². The van der Waals surface area contributed by atoms with Gasteiger partial charge in [0.25, 0.3) is 0 Å². The first-order chi connectivity index (χ1) is 10.1. The van der Waals surface area contributed by atoms with Crippen molar-refractivity contribution in [3.63, 3.8) is 0 Å². The third-order valence-electron chi connectivity index (χ3n) is 3.03. The average molecular weight is 326 g/mol. The maximum absolute atomic E-state index is 6.08. The Bertz CT molecular complexity index is 600. The zero-order valence-corrected chi connectivity index (χ0v) is 13.2. The Hall–Kier alpha value is -1.42. The van der Waals surface area contributed by atoms with E-state index in [-0.39, 0.29) is 0 Å². The molecule has 2 N–H and O–H groups in total. The number of hydrogen-bond donors (Lipinski definition) is 1. The van der Waals surface area contributed by atoms with Gasteiger partial charge in [-0.2, -0.15) is 0 Å². The van der Waals surface area contributed by atoms with E-state index in [0.29, 0.717) is 41.1 Å². The number of ether oxygens (including phenoxy) is 2. The number of halogens is 2. The molecule has 0 bridgehead atoms. The molecule has 5 heteroatoms. The fraction of sp³-hybridized carbons (Fsp3) is 0.250. The van der Waals surface area contributed by atoms with E-state index in [1.807, 2.05) is 30.3 Å². The minimum Gasteiger partial charge on any atom is -0.493 e. The second-order valence-corrected chi connectivity index (χ2v) is 5.42. The average Bonchev–Trinajstić information content (AvgIpc) is 2.47. The quantitative estimate of drug-likeness (QED) is 0.870. The highest BCUT2D eigenvalue weighted by Crippen LogP contribution is 2.35. The van der Waals surface area contributed by atoms with E-state index in [1.54, 1.807) is 13.2 Å². The molecule has 0 aliphatic carbocycles. The highest BCUT2D eigenvalue weighted by molar-refractivity contribution is 6.31. The molecule has 0 aromatic heterocycles. The zero-order chi connectivity index (χ0) is 15.2. The molecule has 0 aliphatic heterocycles. The van der Waals surface area contributed by atoms with E-state index in [0.717, 1.165) is 11.1 Å². The second-order valence-electron chi connectivity index (χ2n) is 4.55. The summed E-state index contributed by atoms with van der Waals surface area (Å²) in [6, 6.07) is 11.1. The lowest BCUT2D eigenvalue weighted by atomic mass is 10.1. The molecule has 0 saturated carbocycles. The lowest BCUT2D eigenvalue weighted by Gasteiger charge is -2.15. The molecule has 112 valence electrons. The molecule has 0 atom stereocenters. The van der Waals surface area contributed by atoms with Crippen LogP contribution in [0.1, 0.15) is 11.1 Å². The molecule has 2 rings (SSSR count). The van der Waals surface area contributed by atoms with Gasteiger partial charge in [0.05, 0.1) is 7.11 Å². The van der Waals surface area contributed by atoms with Gasteiger partial charge in [0.2, 0.25) is 0 Å². The zero-order valence-electron chi connectivity index (χ0n) is 11.7. The molecule has 0 saturated heterocycles. The molecule has 0 amide bonds. The van der Waals surface area contributed by atoms with E-state index in [2.05, 4.69) is 0 Å². The van der Waals surface area contributed by atoms with Gasteiger partial charge < -0.3 is 15.2 Å². The van der Waals surface area contributed by atoms with E-state index < -0.39 is 0 Å². The highest BCUT2D eigenvalue weighted by atomic mass is 35.5. The SMILES string of the molecule is COc1cc(Cl)cc(CCN)c1OCc1ccc(Cl)cc1. The maximum Gasteiger partial charge on any atom is 0.164 e. The summed E-state index contributed by atoms with van der Waals surface area (Å²) in [7, 11) is 1.59. The number of methoxy groups -OCH3 is 1. The highest BCUT2D eigenvalue weighted by Gasteiger charge is 2.12. The van der Waals surface area contributed by atoms with Crippen LogP contribution in [0.5, 0.6) is 11.5 Å². The summed E-state index contributed by atoms with van der Waals surface area (Å²) < 4.78 is 11.3. The third-order valence-corrected chi connectivity index (χ3v) is 3.50. The first-order valence-electron chi connectivity index (χ1n) is 6.57. The Morgan fingerprint density at radius 1 is 1.05 bits per heavy atom. The number of rotatable bonds is 6. The van der Waals surface area contributed by atoms with Gasteiger partial charge in [0.15, 0.2) is 11.5 Å². The van der Waals surface area contributed by atoms with E-state index >= 15 is 0 Å². The fourth-order valence-electron chi connectivity index (χ4n) is 2.02. The van der Waals surface area contributed by atoms with Crippen molar-refractivity contribution in [3.05, 3.63) is 57.6 Å². The van der Waals surface area contributed by atoms with Crippen molar-refractivity contribution in [2.75, 3.05) is 13.7 Å². The first kappa shape index (κ1) is 16.0. The standard InChI is InChI=1S/C16H17Cl2NO2/c1-20-15-9-14(18)8-12(6-7-19)16(15)21-10-11-2-4-13(17)5-3-11/h2-5,8-9H,6-7,10,19H2,1H3. The third kappa shape index (κ3) is 4.27. The number of hydrogen-bond acceptors (Lipinski definition) is 3. The minimum absolute atomic E-state index is 0.423.